The fraction of sp³-hybridized carbons (Fsp3) is 0.438. The monoisotopic (exact) mass is 272 g/mol. The topological polar surface area (TPSA) is 41.6 Å². The van der Waals surface area contributed by atoms with Crippen molar-refractivity contribution >= 4 is 12.2 Å². The van der Waals surface area contributed by atoms with E-state index in [1.165, 1.54) is 11.1 Å². The molecule has 0 radical (unpaired) electrons. The van der Waals surface area contributed by atoms with E-state index in [1.807, 2.05) is 18.2 Å². The summed E-state index contributed by atoms with van der Waals surface area (Å²) in [5.74, 6) is 0. The average Bonchev–Trinajstić information content (AvgIpc) is 2.99. The van der Waals surface area contributed by atoms with E-state index in [9.17, 15) is 4.79 Å². The lowest BCUT2D eigenvalue weighted by atomic mass is 9.95. The van der Waals surface area contributed by atoms with Gasteiger partial charge in [-0.25, -0.2) is 4.79 Å². The number of carbonyl (C=O) groups excluding carboxylic acids is 1. The molecule has 0 aromatic heterocycles. The van der Waals surface area contributed by atoms with Gasteiger partial charge in [0, 0.05) is 19.6 Å². The third-order valence-electron chi connectivity index (χ3n) is 4.07. The number of hydrogen-bond acceptors (Lipinski definition) is 3. The van der Waals surface area contributed by atoms with Gasteiger partial charge >= 0.3 is 6.09 Å². The van der Waals surface area contributed by atoms with Gasteiger partial charge < -0.3 is 15.0 Å². The predicted octanol–water partition coefficient (Wildman–Crippen LogP) is 2.19. The van der Waals surface area contributed by atoms with Crippen LogP contribution < -0.4 is 5.32 Å². The smallest absolute Gasteiger partial charge is 0.410 e. The minimum atomic E-state index is -0.191. The van der Waals surface area contributed by atoms with Gasteiger partial charge in [-0.1, -0.05) is 30.9 Å². The molecule has 0 bridgehead atoms. The van der Waals surface area contributed by atoms with Crippen molar-refractivity contribution < 1.29 is 9.53 Å². The van der Waals surface area contributed by atoms with Crippen molar-refractivity contribution in [1.82, 2.24) is 10.2 Å². The first-order chi connectivity index (χ1) is 9.78. The summed E-state index contributed by atoms with van der Waals surface area (Å²) in [6.45, 7) is 6.90. The van der Waals surface area contributed by atoms with Crippen LogP contribution in [0.15, 0.2) is 24.8 Å². The number of nitrogens with one attached hydrogen (secondary N) is 1. The maximum absolute atomic E-state index is 12.2. The van der Waals surface area contributed by atoms with Crippen molar-refractivity contribution in [3.05, 3.63) is 41.5 Å². The molecule has 20 heavy (non-hydrogen) atoms. The molecule has 2 aliphatic heterocycles. The van der Waals surface area contributed by atoms with Crippen LogP contribution in [0.2, 0.25) is 0 Å². The first-order valence-electron chi connectivity index (χ1n) is 7.17. The van der Waals surface area contributed by atoms with E-state index in [0.717, 1.165) is 38.0 Å². The lowest BCUT2D eigenvalue weighted by molar-refractivity contribution is 0.0667. The third-order valence-corrected chi connectivity index (χ3v) is 4.07. The zero-order valence-electron chi connectivity index (χ0n) is 11.6. The molecule has 1 unspecified atom stereocenters. The molecule has 1 N–H and O–H groups in total. The third kappa shape index (κ3) is 2.56. The van der Waals surface area contributed by atoms with Crippen LogP contribution in [0.3, 0.4) is 0 Å². The van der Waals surface area contributed by atoms with Gasteiger partial charge in [0.2, 0.25) is 0 Å². The van der Waals surface area contributed by atoms with Gasteiger partial charge in [-0.05, 0) is 36.1 Å². The molecule has 4 nitrogen and oxygen atoms in total. The molecule has 1 amide bonds. The molecule has 1 aromatic rings. The molecule has 0 spiro atoms. The minimum Gasteiger partial charge on any atom is -0.445 e. The molecule has 4 heteroatoms. The molecule has 106 valence electrons. The molecule has 1 aromatic carbocycles. The van der Waals surface area contributed by atoms with Crippen LogP contribution in [0.1, 0.15) is 23.1 Å². The number of hydrogen-bond donors (Lipinski definition) is 1. The summed E-state index contributed by atoms with van der Waals surface area (Å²) in [6, 6.07) is 6.22. The van der Waals surface area contributed by atoms with Gasteiger partial charge in [0.05, 0.1) is 0 Å². The second kappa shape index (κ2) is 5.67. The van der Waals surface area contributed by atoms with E-state index in [4.69, 9.17) is 4.74 Å². The van der Waals surface area contributed by atoms with Crippen LogP contribution in [0.25, 0.3) is 6.08 Å². The molecule has 2 aliphatic rings. The first-order valence-corrected chi connectivity index (χ1v) is 7.17. The van der Waals surface area contributed by atoms with Gasteiger partial charge in [0.1, 0.15) is 6.10 Å². The number of benzene rings is 1. The Morgan fingerprint density at radius 1 is 1.50 bits per heavy atom. The molecule has 1 fully saturated rings. The largest absolute Gasteiger partial charge is 0.445 e. The van der Waals surface area contributed by atoms with Gasteiger partial charge in [0.25, 0.3) is 0 Å². The SMILES string of the molecule is C=Cc1cccc2c1CN(C(=O)OC1CCNC1)CC2. The van der Waals surface area contributed by atoms with E-state index < -0.39 is 0 Å². The maximum Gasteiger partial charge on any atom is 0.410 e. The van der Waals surface area contributed by atoms with Crippen LogP contribution in [0.5, 0.6) is 0 Å². The molecule has 3 rings (SSSR count). The highest BCUT2D eigenvalue weighted by Crippen LogP contribution is 2.24. The normalized spacial score (nSPS) is 21.4. The summed E-state index contributed by atoms with van der Waals surface area (Å²) < 4.78 is 5.54. The van der Waals surface area contributed by atoms with Crippen molar-refractivity contribution in [3.8, 4) is 0 Å². The fourth-order valence-corrected chi connectivity index (χ4v) is 2.90. The second-order valence-electron chi connectivity index (χ2n) is 5.36. The Kier molecular flexibility index (Phi) is 3.74. The van der Waals surface area contributed by atoms with Gasteiger partial charge in [-0.2, -0.15) is 0 Å². The molecular formula is C16H20N2O2. The van der Waals surface area contributed by atoms with E-state index in [-0.39, 0.29) is 12.2 Å². The molecule has 2 heterocycles. The van der Waals surface area contributed by atoms with Gasteiger partial charge in [0.15, 0.2) is 0 Å². The van der Waals surface area contributed by atoms with Crippen LogP contribution in [0, 0.1) is 0 Å². The molecule has 0 aliphatic carbocycles. The molecule has 0 saturated carbocycles. The highest BCUT2D eigenvalue weighted by atomic mass is 16.6. The van der Waals surface area contributed by atoms with Crippen LogP contribution in [-0.4, -0.2) is 36.7 Å². The van der Waals surface area contributed by atoms with Gasteiger partial charge in [-0.3, -0.25) is 0 Å². The molecule has 1 saturated heterocycles. The number of amides is 1. The Balaban J connectivity index is 1.71. The van der Waals surface area contributed by atoms with Crippen molar-refractivity contribution in [2.75, 3.05) is 19.6 Å². The Bertz CT molecular complexity index is 521. The zero-order chi connectivity index (χ0) is 13.9. The quantitative estimate of drug-likeness (QED) is 0.897. The Morgan fingerprint density at radius 2 is 2.40 bits per heavy atom. The summed E-state index contributed by atoms with van der Waals surface area (Å²) in [4.78, 5) is 14.0. The van der Waals surface area contributed by atoms with Crippen molar-refractivity contribution in [1.29, 1.82) is 0 Å². The lowest BCUT2D eigenvalue weighted by Crippen LogP contribution is -2.38. The molecular weight excluding hydrogens is 252 g/mol. The first kappa shape index (κ1) is 13.2. The summed E-state index contributed by atoms with van der Waals surface area (Å²) >= 11 is 0. The number of ether oxygens (including phenoxy) is 1. The fourth-order valence-electron chi connectivity index (χ4n) is 2.90. The Morgan fingerprint density at radius 3 is 3.15 bits per heavy atom. The number of carbonyl (C=O) groups is 1. The summed E-state index contributed by atoms with van der Waals surface area (Å²) in [5, 5.41) is 3.21. The van der Waals surface area contributed by atoms with Crippen LogP contribution in [-0.2, 0) is 17.7 Å². The standard InChI is InChI=1S/C16H20N2O2/c1-2-12-4-3-5-13-7-9-18(11-15(12)13)16(19)20-14-6-8-17-10-14/h2-5,14,17H,1,6-11H2. The summed E-state index contributed by atoms with van der Waals surface area (Å²) in [5.41, 5.74) is 3.63. The van der Waals surface area contributed by atoms with Crippen molar-refractivity contribution in [3.63, 3.8) is 0 Å². The number of rotatable bonds is 2. The highest BCUT2D eigenvalue weighted by molar-refractivity contribution is 5.69. The summed E-state index contributed by atoms with van der Waals surface area (Å²) in [6.07, 6.45) is 3.49. The van der Waals surface area contributed by atoms with E-state index in [2.05, 4.69) is 18.0 Å². The second-order valence-corrected chi connectivity index (χ2v) is 5.36. The zero-order valence-corrected chi connectivity index (χ0v) is 11.6. The number of nitrogens with zero attached hydrogens (tertiary/aromatic N) is 1. The number of fused-ring (bicyclic) bond motifs is 1. The molecule has 1 atom stereocenters. The van der Waals surface area contributed by atoms with Crippen LogP contribution >= 0.6 is 0 Å². The van der Waals surface area contributed by atoms with Crippen LogP contribution in [0.4, 0.5) is 4.79 Å². The summed E-state index contributed by atoms with van der Waals surface area (Å²) in [7, 11) is 0. The highest BCUT2D eigenvalue weighted by Gasteiger charge is 2.26. The minimum absolute atomic E-state index is 0.0264. The van der Waals surface area contributed by atoms with Gasteiger partial charge in [-0.15, -0.1) is 0 Å². The predicted molar refractivity (Wildman–Crippen MR) is 78.4 cm³/mol. The van der Waals surface area contributed by atoms with Crippen molar-refractivity contribution in [2.24, 2.45) is 0 Å². The average molecular weight is 272 g/mol. The van der Waals surface area contributed by atoms with E-state index in [0.29, 0.717) is 6.54 Å². The Labute approximate surface area is 119 Å². The maximum atomic E-state index is 12.2. The Hall–Kier alpha value is -1.81. The van der Waals surface area contributed by atoms with E-state index in [1.54, 1.807) is 4.90 Å². The lowest BCUT2D eigenvalue weighted by Gasteiger charge is -2.30. The van der Waals surface area contributed by atoms with Crippen molar-refractivity contribution in [2.45, 2.75) is 25.5 Å². The van der Waals surface area contributed by atoms with E-state index >= 15 is 0 Å².